The van der Waals surface area contributed by atoms with E-state index in [1.54, 1.807) is 13.1 Å². The smallest absolute Gasteiger partial charge is 0.266 e. The SMILES string of the molecule is Cn1nc(-c2ccc(CO)cc2)ccc1=O. The van der Waals surface area contributed by atoms with Crippen molar-refractivity contribution in [3.63, 3.8) is 0 Å². The van der Waals surface area contributed by atoms with E-state index in [0.717, 1.165) is 16.8 Å². The molecule has 82 valence electrons. The Kier molecular flexibility index (Phi) is 2.83. The molecule has 0 aliphatic rings. The largest absolute Gasteiger partial charge is 0.392 e. The predicted octanol–water partition coefficient (Wildman–Crippen LogP) is 0.940. The molecule has 1 aromatic heterocycles. The van der Waals surface area contributed by atoms with Crippen LogP contribution >= 0.6 is 0 Å². The van der Waals surface area contributed by atoms with Crippen LogP contribution in [0.3, 0.4) is 0 Å². The van der Waals surface area contributed by atoms with Crippen molar-refractivity contribution in [1.29, 1.82) is 0 Å². The van der Waals surface area contributed by atoms with E-state index in [4.69, 9.17) is 5.11 Å². The number of aryl methyl sites for hydroxylation is 1. The fourth-order valence-electron chi connectivity index (χ4n) is 1.44. The number of hydrogen-bond acceptors (Lipinski definition) is 3. The number of aromatic nitrogens is 2. The maximum absolute atomic E-state index is 11.2. The van der Waals surface area contributed by atoms with Gasteiger partial charge in [-0.15, -0.1) is 0 Å². The van der Waals surface area contributed by atoms with E-state index in [-0.39, 0.29) is 12.2 Å². The summed E-state index contributed by atoms with van der Waals surface area (Å²) < 4.78 is 1.30. The van der Waals surface area contributed by atoms with Crippen LogP contribution < -0.4 is 5.56 Å². The standard InChI is InChI=1S/C12H12N2O2/c1-14-12(16)7-6-11(13-14)10-4-2-9(8-15)3-5-10/h2-7,15H,8H2,1H3. The van der Waals surface area contributed by atoms with Gasteiger partial charge in [-0.25, -0.2) is 4.68 Å². The van der Waals surface area contributed by atoms with Crippen molar-refractivity contribution in [2.75, 3.05) is 0 Å². The molecule has 0 radical (unpaired) electrons. The average Bonchev–Trinajstić information content (AvgIpc) is 2.33. The Morgan fingerprint density at radius 2 is 1.88 bits per heavy atom. The molecule has 0 atom stereocenters. The Morgan fingerprint density at radius 1 is 1.19 bits per heavy atom. The minimum atomic E-state index is -0.129. The lowest BCUT2D eigenvalue weighted by atomic mass is 10.1. The number of benzene rings is 1. The third-order valence-electron chi connectivity index (χ3n) is 2.39. The molecular formula is C12H12N2O2. The molecule has 1 heterocycles. The minimum Gasteiger partial charge on any atom is -0.392 e. The topological polar surface area (TPSA) is 55.1 Å². The second-order valence-electron chi connectivity index (χ2n) is 3.54. The molecule has 2 rings (SSSR count). The van der Waals surface area contributed by atoms with E-state index in [9.17, 15) is 4.79 Å². The molecule has 0 saturated heterocycles. The van der Waals surface area contributed by atoms with E-state index < -0.39 is 0 Å². The van der Waals surface area contributed by atoms with Crippen molar-refractivity contribution in [3.05, 3.63) is 52.3 Å². The van der Waals surface area contributed by atoms with Gasteiger partial charge in [0.1, 0.15) is 0 Å². The normalized spacial score (nSPS) is 10.4. The fraction of sp³-hybridized carbons (Fsp3) is 0.167. The van der Waals surface area contributed by atoms with Crippen molar-refractivity contribution in [2.45, 2.75) is 6.61 Å². The molecule has 16 heavy (non-hydrogen) atoms. The number of hydrogen-bond donors (Lipinski definition) is 1. The lowest BCUT2D eigenvalue weighted by Crippen LogP contribution is -2.18. The summed E-state index contributed by atoms with van der Waals surface area (Å²) in [7, 11) is 1.62. The number of nitrogens with zero attached hydrogens (tertiary/aromatic N) is 2. The highest BCUT2D eigenvalue weighted by Gasteiger charge is 2.00. The zero-order valence-corrected chi connectivity index (χ0v) is 8.92. The molecule has 0 bridgehead atoms. The van der Waals surface area contributed by atoms with Crippen LogP contribution in [-0.4, -0.2) is 14.9 Å². The first-order chi connectivity index (χ1) is 7.70. The molecule has 2 aromatic rings. The Labute approximate surface area is 92.8 Å². The van der Waals surface area contributed by atoms with Gasteiger partial charge in [0.05, 0.1) is 12.3 Å². The maximum Gasteiger partial charge on any atom is 0.266 e. The zero-order valence-electron chi connectivity index (χ0n) is 8.92. The van der Waals surface area contributed by atoms with Crippen LogP contribution in [0.25, 0.3) is 11.3 Å². The van der Waals surface area contributed by atoms with Crippen molar-refractivity contribution in [3.8, 4) is 11.3 Å². The number of rotatable bonds is 2. The van der Waals surface area contributed by atoms with Crippen LogP contribution in [0.4, 0.5) is 0 Å². The van der Waals surface area contributed by atoms with Gasteiger partial charge in [0.2, 0.25) is 0 Å². The van der Waals surface area contributed by atoms with Gasteiger partial charge < -0.3 is 5.11 Å². The van der Waals surface area contributed by atoms with Crippen molar-refractivity contribution >= 4 is 0 Å². The van der Waals surface area contributed by atoms with Gasteiger partial charge in [-0.1, -0.05) is 24.3 Å². The minimum absolute atomic E-state index is 0.0288. The summed E-state index contributed by atoms with van der Waals surface area (Å²) >= 11 is 0. The second-order valence-corrected chi connectivity index (χ2v) is 3.54. The molecule has 0 fully saturated rings. The molecule has 0 aliphatic carbocycles. The second kappa shape index (κ2) is 4.28. The van der Waals surface area contributed by atoms with Gasteiger partial charge in [0.15, 0.2) is 0 Å². The highest BCUT2D eigenvalue weighted by molar-refractivity contribution is 5.58. The average molecular weight is 216 g/mol. The highest BCUT2D eigenvalue weighted by Crippen LogP contribution is 2.15. The van der Waals surface area contributed by atoms with E-state index in [0.29, 0.717) is 0 Å². The summed E-state index contributed by atoms with van der Waals surface area (Å²) in [6, 6.07) is 10.6. The van der Waals surface area contributed by atoms with E-state index in [1.165, 1.54) is 10.7 Å². The number of aliphatic hydroxyl groups is 1. The summed E-state index contributed by atoms with van der Waals surface area (Å²) in [4.78, 5) is 11.2. The quantitative estimate of drug-likeness (QED) is 0.812. The Hall–Kier alpha value is -1.94. The molecule has 0 amide bonds. The van der Waals surface area contributed by atoms with Crippen LogP contribution in [0.15, 0.2) is 41.2 Å². The summed E-state index contributed by atoms with van der Waals surface area (Å²) in [5.41, 5.74) is 2.39. The predicted molar refractivity (Wildman–Crippen MR) is 60.8 cm³/mol. The van der Waals surface area contributed by atoms with Crippen LogP contribution in [-0.2, 0) is 13.7 Å². The molecule has 0 spiro atoms. The lowest BCUT2D eigenvalue weighted by molar-refractivity contribution is 0.282. The Morgan fingerprint density at radius 3 is 2.44 bits per heavy atom. The van der Waals surface area contributed by atoms with Crippen LogP contribution in [0.5, 0.6) is 0 Å². The van der Waals surface area contributed by atoms with Gasteiger partial charge in [-0.2, -0.15) is 5.10 Å². The Balaban J connectivity index is 2.42. The van der Waals surface area contributed by atoms with Crippen molar-refractivity contribution < 1.29 is 5.11 Å². The van der Waals surface area contributed by atoms with E-state index in [2.05, 4.69) is 5.10 Å². The molecule has 0 aliphatic heterocycles. The van der Waals surface area contributed by atoms with Crippen LogP contribution in [0, 0.1) is 0 Å². The van der Waals surface area contributed by atoms with E-state index in [1.807, 2.05) is 24.3 Å². The lowest BCUT2D eigenvalue weighted by Gasteiger charge is -2.03. The first-order valence-corrected chi connectivity index (χ1v) is 4.95. The zero-order chi connectivity index (χ0) is 11.5. The fourth-order valence-corrected chi connectivity index (χ4v) is 1.44. The molecule has 4 heteroatoms. The van der Waals surface area contributed by atoms with Crippen LogP contribution in [0.2, 0.25) is 0 Å². The van der Waals surface area contributed by atoms with Gasteiger partial charge in [-0.05, 0) is 11.6 Å². The third kappa shape index (κ3) is 2.01. The summed E-state index contributed by atoms with van der Waals surface area (Å²) in [6.07, 6.45) is 0. The summed E-state index contributed by atoms with van der Waals surface area (Å²) in [5.74, 6) is 0. The maximum atomic E-state index is 11.2. The molecule has 1 N–H and O–H groups in total. The van der Waals surface area contributed by atoms with Gasteiger partial charge in [0.25, 0.3) is 5.56 Å². The van der Waals surface area contributed by atoms with Crippen molar-refractivity contribution in [1.82, 2.24) is 9.78 Å². The first kappa shape index (κ1) is 10.6. The molecule has 1 aromatic carbocycles. The van der Waals surface area contributed by atoms with E-state index >= 15 is 0 Å². The molecule has 0 unspecified atom stereocenters. The first-order valence-electron chi connectivity index (χ1n) is 4.95. The Bertz CT molecular complexity index is 544. The van der Waals surface area contributed by atoms with Crippen LogP contribution in [0.1, 0.15) is 5.56 Å². The monoisotopic (exact) mass is 216 g/mol. The summed E-state index contributed by atoms with van der Waals surface area (Å²) in [5, 5.41) is 13.1. The van der Waals surface area contributed by atoms with Gasteiger partial charge >= 0.3 is 0 Å². The number of aliphatic hydroxyl groups excluding tert-OH is 1. The third-order valence-corrected chi connectivity index (χ3v) is 2.39. The molecule has 0 saturated carbocycles. The summed E-state index contributed by atoms with van der Waals surface area (Å²) in [6.45, 7) is 0.0288. The highest BCUT2D eigenvalue weighted by atomic mass is 16.3. The van der Waals surface area contributed by atoms with Gasteiger partial charge in [0, 0.05) is 18.7 Å². The molecular weight excluding hydrogens is 204 g/mol. The molecule has 4 nitrogen and oxygen atoms in total. The van der Waals surface area contributed by atoms with Crippen molar-refractivity contribution in [2.24, 2.45) is 7.05 Å². The van der Waals surface area contributed by atoms with Gasteiger partial charge in [-0.3, -0.25) is 4.79 Å².